The highest BCUT2D eigenvalue weighted by atomic mass is 127. The van der Waals surface area contributed by atoms with Gasteiger partial charge in [-0.25, -0.2) is 0 Å². The Morgan fingerprint density at radius 3 is 2.53 bits per heavy atom. The summed E-state index contributed by atoms with van der Waals surface area (Å²) in [6, 6.07) is 10.7. The molecule has 2 rings (SSSR count). The molecule has 0 aliphatic carbocycles. The molecule has 7 heteroatoms. The zero-order valence-electron chi connectivity index (χ0n) is 18.8. The summed E-state index contributed by atoms with van der Waals surface area (Å²) in [5.74, 6) is 0.887. The highest BCUT2D eigenvalue weighted by Gasteiger charge is 2.19. The van der Waals surface area contributed by atoms with Gasteiger partial charge in [0.15, 0.2) is 5.96 Å². The minimum Gasteiger partial charge on any atom is -0.382 e. The van der Waals surface area contributed by atoms with Gasteiger partial charge in [-0.05, 0) is 45.1 Å². The second-order valence-electron chi connectivity index (χ2n) is 7.42. The largest absolute Gasteiger partial charge is 0.382 e. The molecular formula is C23H41IN4O2. The van der Waals surface area contributed by atoms with E-state index in [1.807, 2.05) is 6.92 Å². The van der Waals surface area contributed by atoms with Gasteiger partial charge < -0.3 is 20.1 Å². The fourth-order valence-electron chi connectivity index (χ4n) is 3.45. The van der Waals surface area contributed by atoms with Crippen LogP contribution in [0.25, 0.3) is 0 Å². The molecule has 0 aromatic heterocycles. The molecule has 1 aliphatic heterocycles. The number of guanidine groups is 1. The summed E-state index contributed by atoms with van der Waals surface area (Å²) in [5, 5.41) is 6.68. The Morgan fingerprint density at radius 2 is 1.83 bits per heavy atom. The molecule has 0 amide bonds. The molecule has 30 heavy (non-hydrogen) atoms. The predicted molar refractivity (Wildman–Crippen MR) is 136 cm³/mol. The van der Waals surface area contributed by atoms with Crippen molar-refractivity contribution >= 4 is 29.9 Å². The summed E-state index contributed by atoms with van der Waals surface area (Å²) in [7, 11) is 0. The van der Waals surface area contributed by atoms with E-state index in [1.165, 1.54) is 5.56 Å². The maximum atomic E-state index is 6.11. The minimum absolute atomic E-state index is 0. The van der Waals surface area contributed by atoms with Crippen molar-refractivity contribution in [2.75, 3.05) is 52.5 Å². The van der Waals surface area contributed by atoms with Crippen molar-refractivity contribution in [2.45, 2.75) is 52.2 Å². The smallest absolute Gasteiger partial charge is 0.191 e. The number of benzene rings is 1. The second kappa shape index (κ2) is 17.7. The summed E-state index contributed by atoms with van der Waals surface area (Å²) < 4.78 is 11.5. The van der Waals surface area contributed by atoms with Crippen LogP contribution < -0.4 is 10.6 Å². The molecule has 1 heterocycles. The number of piperidine rings is 1. The zero-order chi connectivity index (χ0) is 20.6. The van der Waals surface area contributed by atoms with Crippen molar-refractivity contribution in [3.63, 3.8) is 0 Å². The van der Waals surface area contributed by atoms with Gasteiger partial charge in [-0.15, -0.1) is 24.0 Å². The van der Waals surface area contributed by atoms with Crippen LogP contribution in [0.2, 0.25) is 0 Å². The number of hydrogen-bond donors (Lipinski definition) is 2. The lowest BCUT2D eigenvalue weighted by atomic mass is 10.1. The van der Waals surface area contributed by atoms with Gasteiger partial charge in [0.05, 0.1) is 6.10 Å². The van der Waals surface area contributed by atoms with E-state index in [2.05, 4.69) is 57.8 Å². The fourth-order valence-corrected chi connectivity index (χ4v) is 3.45. The maximum Gasteiger partial charge on any atom is 0.191 e. The standard InChI is InChI=1S/C23H40N4O2.HI/c1-3-24-23(25-14-8-18-28-4-2)26-15-9-19-29-22-12-16-27(17-13-22)20-21-10-6-5-7-11-21;/h5-7,10-11,22H,3-4,8-9,12-20H2,1-2H3,(H2,24,25,26);1H. The van der Waals surface area contributed by atoms with Crippen molar-refractivity contribution in [1.29, 1.82) is 0 Å². The molecule has 0 atom stereocenters. The van der Waals surface area contributed by atoms with Crippen LogP contribution in [-0.4, -0.2) is 69.5 Å². The average molecular weight is 533 g/mol. The second-order valence-corrected chi connectivity index (χ2v) is 7.42. The topological polar surface area (TPSA) is 58.1 Å². The van der Waals surface area contributed by atoms with E-state index >= 15 is 0 Å². The van der Waals surface area contributed by atoms with Crippen LogP contribution in [0.3, 0.4) is 0 Å². The lowest BCUT2D eigenvalue weighted by Crippen LogP contribution is -2.39. The molecule has 0 saturated carbocycles. The van der Waals surface area contributed by atoms with E-state index in [0.717, 1.165) is 90.7 Å². The number of hydrogen-bond acceptors (Lipinski definition) is 4. The van der Waals surface area contributed by atoms with Crippen LogP contribution in [0.15, 0.2) is 35.3 Å². The van der Waals surface area contributed by atoms with Crippen molar-refractivity contribution in [3.8, 4) is 0 Å². The summed E-state index contributed by atoms with van der Waals surface area (Å²) >= 11 is 0. The number of ether oxygens (including phenoxy) is 2. The molecule has 0 radical (unpaired) electrons. The lowest BCUT2D eigenvalue weighted by Gasteiger charge is -2.32. The summed E-state index contributed by atoms with van der Waals surface area (Å²) in [4.78, 5) is 7.11. The molecular weight excluding hydrogens is 491 g/mol. The van der Waals surface area contributed by atoms with Crippen LogP contribution >= 0.6 is 24.0 Å². The normalized spacial score (nSPS) is 15.6. The molecule has 172 valence electrons. The first-order valence-electron chi connectivity index (χ1n) is 11.3. The number of likely N-dealkylation sites (tertiary alicyclic amines) is 1. The van der Waals surface area contributed by atoms with E-state index in [0.29, 0.717) is 6.10 Å². The quantitative estimate of drug-likeness (QED) is 0.176. The Kier molecular flexibility index (Phi) is 16.1. The summed E-state index contributed by atoms with van der Waals surface area (Å²) in [5.41, 5.74) is 1.40. The highest BCUT2D eigenvalue weighted by Crippen LogP contribution is 2.16. The molecule has 6 nitrogen and oxygen atoms in total. The van der Waals surface area contributed by atoms with Gasteiger partial charge in [0, 0.05) is 59.1 Å². The number of rotatable bonds is 13. The molecule has 1 aromatic carbocycles. The van der Waals surface area contributed by atoms with Gasteiger partial charge in [0.25, 0.3) is 0 Å². The molecule has 2 N–H and O–H groups in total. The molecule has 1 aromatic rings. The minimum atomic E-state index is 0. The maximum absolute atomic E-state index is 6.11. The van der Waals surface area contributed by atoms with E-state index < -0.39 is 0 Å². The van der Waals surface area contributed by atoms with Crippen molar-refractivity contribution < 1.29 is 9.47 Å². The summed E-state index contributed by atoms with van der Waals surface area (Å²) in [6.07, 6.45) is 4.61. The number of nitrogens with zero attached hydrogens (tertiary/aromatic N) is 2. The monoisotopic (exact) mass is 532 g/mol. The van der Waals surface area contributed by atoms with Crippen LogP contribution in [0.1, 0.15) is 45.1 Å². The fraction of sp³-hybridized carbons (Fsp3) is 0.696. The number of nitrogens with one attached hydrogen (secondary N) is 2. The van der Waals surface area contributed by atoms with Gasteiger partial charge in [0.1, 0.15) is 0 Å². The van der Waals surface area contributed by atoms with Gasteiger partial charge >= 0.3 is 0 Å². The van der Waals surface area contributed by atoms with Crippen molar-refractivity contribution in [1.82, 2.24) is 15.5 Å². The Labute approximate surface area is 200 Å². The van der Waals surface area contributed by atoms with E-state index in [-0.39, 0.29) is 24.0 Å². The molecule has 0 spiro atoms. The molecule has 1 fully saturated rings. The lowest BCUT2D eigenvalue weighted by molar-refractivity contribution is 0.00534. The average Bonchev–Trinajstić information content (AvgIpc) is 2.75. The van der Waals surface area contributed by atoms with Gasteiger partial charge in [-0.2, -0.15) is 0 Å². The Hall–Kier alpha value is -0.900. The Balaban J connectivity index is 0.00000450. The first-order chi connectivity index (χ1) is 14.3. The summed E-state index contributed by atoms with van der Waals surface area (Å²) in [6.45, 7) is 12.3. The third kappa shape index (κ3) is 12.1. The third-order valence-electron chi connectivity index (χ3n) is 5.02. The van der Waals surface area contributed by atoms with Gasteiger partial charge in [0.2, 0.25) is 0 Å². The van der Waals surface area contributed by atoms with Crippen LogP contribution in [0.5, 0.6) is 0 Å². The van der Waals surface area contributed by atoms with Crippen molar-refractivity contribution in [3.05, 3.63) is 35.9 Å². The van der Waals surface area contributed by atoms with Crippen LogP contribution in [-0.2, 0) is 16.0 Å². The Morgan fingerprint density at radius 1 is 1.07 bits per heavy atom. The van der Waals surface area contributed by atoms with Crippen LogP contribution in [0.4, 0.5) is 0 Å². The highest BCUT2D eigenvalue weighted by molar-refractivity contribution is 14.0. The number of aliphatic imine (C=N–C) groups is 1. The van der Waals surface area contributed by atoms with E-state index in [9.17, 15) is 0 Å². The zero-order valence-corrected chi connectivity index (χ0v) is 21.1. The molecule has 1 aliphatic rings. The number of halogens is 1. The molecule has 1 saturated heterocycles. The molecule has 0 bridgehead atoms. The van der Waals surface area contributed by atoms with Gasteiger partial charge in [-0.3, -0.25) is 9.89 Å². The van der Waals surface area contributed by atoms with E-state index in [1.54, 1.807) is 0 Å². The SMILES string of the molecule is CCNC(=NCCCOCC)NCCCOC1CCN(Cc2ccccc2)CC1.I. The Bertz CT molecular complexity index is 551. The predicted octanol–water partition coefficient (Wildman–Crippen LogP) is 3.66. The third-order valence-corrected chi connectivity index (χ3v) is 5.02. The first-order valence-corrected chi connectivity index (χ1v) is 11.3. The van der Waals surface area contributed by atoms with Crippen LogP contribution in [0, 0.1) is 0 Å². The van der Waals surface area contributed by atoms with Gasteiger partial charge in [-0.1, -0.05) is 30.3 Å². The van der Waals surface area contributed by atoms with E-state index in [4.69, 9.17) is 9.47 Å². The van der Waals surface area contributed by atoms with Crippen molar-refractivity contribution in [2.24, 2.45) is 4.99 Å². The molecule has 0 unspecified atom stereocenters. The first kappa shape index (κ1) is 27.1.